The molecule has 26 heavy (non-hydrogen) atoms. The van der Waals surface area contributed by atoms with Crippen LogP contribution in [0, 0.1) is 18.3 Å². The molecule has 0 aliphatic carbocycles. The monoisotopic (exact) mass is 371 g/mol. The van der Waals surface area contributed by atoms with Crippen LogP contribution in [0.25, 0.3) is 0 Å². The molecule has 1 atom stereocenters. The SMILES string of the molecule is C#CC(=O)NC(CC(C)C)P(=O)(Oc1ccccc1)Oc1ccccc1. The second-order valence-electron chi connectivity index (χ2n) is 6.11. The van der Waals surface area contributed by atoms with Crippen LogP contribution in [0.2, 0.25) is 0 Å². The number of terminal acetylenes is 1. The van der Waals surface area contributed by atoms with Gasteiger partial charge in [0.15, 0.2) is 5.78 Å². The third kappa shape index (κ3) is 5.68. The van der Waals surface area contributed by atoms with Gasteiger partial charge < -0.3 is 14.4 Å². The topological polar surface area (TPSA) is 64.6 Å². The second-order valence-corrected chi connectivity index (χ2v) is 8.18. The molecule has 0 aliphatic rings. The summed E-state index contributed by atoms with van der Waals surface area (Å²) >= 11 is 0. The summed E-state index contributed by atoms with van der Waals surface area (Å²) in [6.45, 7) is 3.90. The highest BCUT2D eigenvalue weighted by Crippen LogP contribution is 2.53. The van der Waals surface area contributed by atoms with Crippen molar-refractivity contribution in [1.29, 1.82) is 0 Å². The molecule has 0 radical (unpaired) electrons. The molecule has 1 N–H and O–H groups in total. The van der Waals surface area contributed by atoms with Gasteiger partial charge in [-0.15, -0.1) is 6.42 Å². The van der Waals surface area contributed by atoms with Crippen molar-refractivity contribution in [3.8, 4) is 23.8 Å². The van der Waals surface area contributed by atoms with Crippen molar-refractivity contribution in [2.24, 2.45) is 5.92 Å². The lowest BCUT2D eigenvalue weighted by molar-refractivity contribution is -0.116. The zero-order valence-corrected chi connectivity index (χ0v) is 15.7. The van der Waals surface area contributed by atoms with Gasteiger partial charge in [-0.3, -0.25) is 4.79 Å². The van der Waals surface area contributed by atoms with E-state index in [1.807, 2.05) is 31.9 Å². The van der Waals surface area contributed by atoms with Crippen molar-refractivity contribution >= 4 is 13.5 Å². The van der Waals surface area contributed by atoms with Gasteiger partial charge >= 0.3 is 7.60 Å². The number of carbonyl (C=O) groups is 1. The molecule has 0 aliphatic heterocycles. The summed E-state index contributed by atoms with van der Waals surface area (Å²) in [5.41, 5.74) is 0. The largest absolute Gasteiger partial charge is 0.452 e. The molecule has 0 heterocycles. The Bertz CT molecular complexity index is 754. The van der Waals surface area contributed by atoms with Gasteiger partial charge in [0.2, 0.25) is 0 Å². The van der Waals surface area contributed by atoms with Gasteiger partial charge in [-0.2, -0.15) is 0 Å². The maximum absolute atomic E-state index is 13.7. The lowest BCUT2D eigenvalue weighted by Crippen LogP contribution is -2.37. The zero-order valence-electron chi connectivity index (χ0n) is 14.8. The molecule has 6 heteroatoms. The molecule has 2 rings (SSSR count). The van der Waals surface area contributed by atoms with Gasteiger partial charge in [0.1, 0.15) is 11.5 Å². The smallest absolute Gasteiger partial charge is 0.415 e. The standard InChI is InChI=1S/C20H22NO4P/c1-4-19(22)21-20(15-16(2)3)26(23,24-17-11-7-5-8-12-17)25-18-13-9-6-10-14-18/h1,5-14,16,20H,15H2,2-3H3,(H,21,22). The Hall–Kier alpha value is -2.70. The van der Waals surface area contributed by atoms with Gasteiger partial charge in [0.05, 0.1) is 0 Å². The predicted molar refractivity (Wildman–Crippen MR) is 102 cm³/mol. The van der Waals surface area contributed by atoms with E-state index in [0.717, 1.165) is 0 Å². The highest BCUT2D eigenvalue weighted by Gasteiger charge is 2.40. The number of benzene rings is 2. The number of nitrogens with one attached hydrogen (secondary N) is 1. The first-order valence-corrected chi connectivity index (χ1v) is 9.90. The summed E-state index contributed by atoms with van der Waals surface area (Å²) in [7, 11) is -3.82. The van der Waals surface area contributed by atoms with Crippen LogP contribution in [0.1, 0.15) is 20.3 Å². The first-order valence-electron chi connectivity index (χ1n) is 8.29. The minimum absolute atomic E-state index is 0.130. The quantitative estimate of drug-likeness (QED) is 0.550. The summed E-state index contributed by atoms with van der Waals surface area (Å²) in [6, 6.07) is 17.4. The molecular formula is C20H22NO4P. The zero-order chi connectivity index (χ0) is 19.0. The van der Waals surface area contributed by atoms with Crippen molar-refractivity contribution in [2.75, 3.05) is 0 Å². The Kier molecular flexibility index (Phi) is 6.89. The van der Waals surface area contributed by atoms with Crippen molar-refractivity contribution in [3.63, 3.8) is 0 Å². The van der Waals surface area contributed by atoms with E-state index in [4.69, 9.17) is 15.5 Å². The fraction of sp³-hybridized carbons (Fsp3) is 0.250. The summed E-state index contributed by atoms with van der Waals surface area (Å²) in [5, 5.41) is 2.59. The Morgan fingerprint density at radius 2 is 1.50 bits per heavy atom. The van der Waals surface area contributed by atoms with Crippen molar-refractivity contribution in [2.45, 2.75) is 26.1 Å². The lowest BCUT2D eigenvalue weighted by Gasteiger charge is -2.28. The third-order valence-corrected chi connectivity index (χ3v) is 5.49. The fourth-order valence-corrected chi connectivity index (χ4v) is 4.39. The Balaban J connectivity index is 2.39. The Morgan fingerprint density at radius 3 is 1.88 bits per heavy atom. The number of amides is 1. The molecule has 0 fully saturated rings. The minimum atomic E-state index is -3.82. The average molecular weight is 371 g/mol. The summed E-state index contributed by atoms with van der Waals surface area (Å²) < 4.78 is 25.2. The minimum Gasteiger partial charge on any atom is -0.415 e. The van der Waals surface area contributed by atoms with E-state index >= 15 is 0 Å². The van der Waals surface area contributed by atoms with E-state index in [2.05, 4.69) is 5.32 Å². The van der Waals surface area contributed by atoms with Crippen LogP contribution in [0.3, 0.4) is 0 Å². The summed E-state index contributed by atoms with van der Waals surface area (Å²) in [5.74, 6) is 1.34. The van der Waals surface area contributed by atoms with Crippen LogP contribution in [0.5, 0.6) is 11.5 Å². The predicted octanol–water partition coefficient (Wildman–Crippen LogP) is 4.46. The Morgan fingerprint density at radius 1 is 1.04 bits per heavy atom. The molecule has 2 aromatic rings. The molecule has 0 aromatic heterocycles. The van der Waals surface area contributed by atoms with E-state index in [-0.39, 0.29) is 5.92 Å². The van der Waals surface area contributed by atoms with Crippen LogP contribution in [0.15, 0.2) is 60.7 Å². The van der Waals surface area contributed by atoms with Gasteiger partial charge in [0, 0.05) is 0 Å². The summed E-state index contributed by atoms with van der Waals surface area (Å²) in [4.78, 5) is 11.8. The van der Waals surface area contributed by atoms with Crippen molar-refractivity contribution in [3.05, 3.63) is 60.7 Å². The van der Waals surface area contributed by atoms with Gasteiger partial charge in [-0.25, -0.2) is 4.57 Å². The number of hydrogen-bond acceptors (Lipinski definition) is 4. The number of rotatable bonds is 8. The van der Waals surface area contributed by atoms with E-state index in [0.29, 0.717) is 17.9 Å². The Labute approximate surface area is 154 Å². The highest BCUT2D eigenvalue weighted by atomic mass is 31.2. The van der Waals surface area contributed by atoms with Gasteiger partial charge in [-0.1, -0.05) is 50.2 Å². The van der Waals surface area contributed by atoms with Gasteiger partial charge in [0.25, 0.3) is 5.91 Å². The molecule has 0 saturated heterocycles. The number of carbonyl (C=O) groups excluding carboxylic acids is 1. The summed E-state index contributed by atoms with van der Waals surface area (Å²) in [6.07, 6.45) is 5.55. The second kappa shape index (κ2) is 9.12. The van der Waals surface area contributed by atoms with Crippen LogP contribution in [0.4, 0.5) is 0 Å². The van der Waals surface area contributed by atoms with Crippen LogP contribution < -0.4 is 14.4 Å². The average Bonchev–Trinajstić information content (AvgIpc) is 2.62. The lowest BCUT2D eigenvalue weighted by atomic mass is 10.1. The molecular weight excluding hydrogens is 349 g/mol. The molecule has 1 unspecified atom stereocenters. The third-order valence-electron chi connectivity index (χ3n) is 3.46. The maximum Gasteiger partial charge on any atom is 0.452 e. The van der Waals surface area contributed by atoms with Gasteiger partial charge in [-0.05, 0) is 42.5 Å². The van der Waals surface area contributed by atoms with Crippen molar-refractivity contribution < 1.29 is 18.4 Å². The van der Waals surface area contributed by atoms with E-state index in [1.54, 1.807) is 48.5 Å². The van der Waals surface area contributed by atoms with Crippen LogP contribution in [-0.4, -0.2) is 11.7 Å². The molecule has 2 aromatic carbocycles. The van der Waals surface area contributed by atoms with E-state index in [1.165, 1.54) is 0 Å². The van der Waals surface area contributed by atoms with E-state index in [9.17, 15) is 9.36 Å². The highest BCUT2D eigenvalue weighted by molar-refractivity contribution is 7.55. The molecule has 0 bridgehead atoms. The number of para-hydroxylation sites is 2. The molecule has 0 saturated carbocycles. The first kappa shape index (κ1) is 19.6. The van der Waals surface area contributed by atoms with Crippen LogP contribution in [-0.2, 0) is 9.36 Å². The maximum atomic E-state index is 13.7. The molecule has 0 spiro atoms. The van der Waals surface area contributed by atoms with Crippen LogP contribution >= 0.6 is 7.60 Å². The van der Waals surface area contributed by atoms with Crippen molar-refractivity contribution in [1.82, 2.24) is 5.32 Å². The van der Waals surface area contributed by atoms with E-state index < -0.39 is 19.3 Å². The normalized spacial score (nSPS) is 12.1. The molecule has 136 valence electrons. The number of hydrogen-bond donors (Lipinski definition) is 1. The fourth-order valence-electron chi connectivity index (χ4n) is 2.31. The first-order chi connectivity index (χ1) is 12.4. The molecule has 1 amide bonds. The molecule has 5 nitrogen and oxygen atoms in total.